The first-order valence-electron chi connectivity index (χ1n) is 13.8. The number of benzene rings is 1. The topological polar surface area (TPSA) is 75.8 Å². The van der Waals surface area contributed by atoms with Crippen molar-refractivity contribution in [2.45, 2.75) is 40.5 Å². The summed E-state index contributed by atoms with van der Waals surface area (Å²) in [5, 5.41) is 0. The zero-order valence-corrected chi connectivity index (χ0v) is 23.9. The van der Waals surface area contributed by atoms with Crippen LogP contribution in [0.5, 0.6) is 11.5 Å². The first kappa shape index (κ1) is 25.7. The van der Waals surface area contributed by atoms with Crippen LogP contribution in [0.1, 0.15) is 63.3 Å². The highest BCUT2D eigenvalue weighted by Crippen LogP contribution is 2.37. The minimum atomic E-state index is 0.731. The Morgan fingerprint density at radius 2 is 1.07 bits per heavy atom. The summed E-state index contributed by atoms with van der Waals surface area (Å²) < 4.78 is 11.2. The Hall–Kier alpha value is -4.58. The lowest BCUT2D eigenvalue weighted by molar-refractivity contribution is 0.394. The molecule has 0 unspecified atom stereocenters. The molecule has 1 aromatic carbocycles. The van der Waals surface area contributed by atoms with Crippen molar-refractivity contribution in [3.8, 4) is 22.6 Å². The number of H-pyrrole nitrogens is 2. The molecular weight excluding hydrogens is 496 g/mol. The average molecular weight is 531 g/mol. The van der Waals surface area contributed by atoms with Crippen molar-refractivity contribution in [1.82, 2.24) is 19.9 Å². The Labute approximate surface area is 234 Å². The van der Waals surface area contributed by atoms with Gasteiger partial charge in [0.15, 0.2) is 0 Å². The Bertz CT molecular complexity index is 1740. The van der Waals surface area contributed by atoms with E-state index in [0.717, 1.165) is 80.3 Å². The van der Waals surface area contributed by atoms with Gasteiger partial charge in [0.2, 0.25) is 0 Å². The molecule has 2 N–H and O–H groups in total. The molecule has 0 saturated heterocycles. The maximum atomic E-state index is 5.61. The zero-order valence-electron chi connectivity index (χ0n) is 23.9. The van der Waals surface area contributed by atoms with Gasteiger partial charge in [0.1, 0.15) is 11.5 Å². The second-order valence-corrected chi connectivity index (χ2v) is 10.2. The van der Waals surface area contributed by atoms with Crippen LogP contribution in [-0.4, -0.2) is 34.2 Å². The second kappa shape index (κ2) is 10.2. The monoisotopic (exact) mass is 530 g/mol. The van der Waals surface area contributed by atoms with E-state index in [1.165, 1.54) is 22.3 Å². The third-order valence-corrected chi connectivity index (χ3v) is 7.93. The van der Waals surface area contributed by atoms with Crippen LogP contribution in [0.2, 0.25) is 0 Å². The summed E-state index contributed by atoms with van der Waals surface area (Å²) in [4.78, 5) is 17.5. The Morgan fingerprint density at radius 1 is 0.600 bits per heavy atom. The number of allylic oxidation sites excluding steroid dienone is 4. The summed E-state index contributed by atoms with van der Waals surface area (Å²) in [6.45, 7) is 8.71. The maximum absolute atomic E-state index is 5.61. The number of fused-ring (bicyclic) bond motifs is 8. The van der Waals surface area contributed by atoms with Crippen LogP contribution in [0.25, 0.3) is 55.5 Å². The van der Waals surface area contributed by atoms with Gasteiger partial charge in [0, 0.05) is 33.7 Å². The standard InChI is InChI=1S/C34H34N4O2/c1-7-26-19(3)30-15-22-9-11-28(35-22)34(21-13-24(39-5)17-25(14-21)40-6)29-12-10-23(36-29)16-31-20(4)27(8-2)33(38-31)18-32(26)37-30/h9-18,35-36H,7-8H2,1-6H3. The first-order valence-corrected chi connectivity index (χ1v) is 13.8. The number of aromatic nitrogens is 4. The van der Waals surface area contributed by atoms with E-state index in [1.807, 2.05) is 18.2 Å². The van der Waals surface area contributed by atoms with E-state index in [0.29, 0.717) is 0 Å². The van der Waals surface area contributed by atoms with E-state index in [2.05, 4.69) is 80.1 Å². The van der Waals surface area contributed by atoms with Gasteiger partial charge in [-0.15, -0.1) is 0 Å². The fourth-order valence-electron chi connectivity index (χ4n) is 5.78. The van der Waals surface area contributed by atoms with E-state index >= 15 is 0 Å². The molecule has 2 aliphatic rings. The minimum absolute atomic E-state index is 0.731. The summed E-state index contributed by atoms with van der Waals surface area (Å²) in [5.41, 5.74) is 14.8. The molecule has 202 valence electrons. The molecule has 5 heterocycles. The second-order valence-electron chi connectivity index (χ2n) is 10.2. The highest BCUT2D eigenvalue weighted by molar-refractivity contribution is 5.97. The van der Waals surface area contributed by atoms with Crippen LogP contribution in [0.4, 0.5) is 0 Å². The van der Waals surface area contributed by atoms with Gasteiger partial charge in [-0.3, -0.25) is 0 Å². The van der Waals surface area contributed by atoms with Gasteiger partial charge < -0.3 is 19.4 Å². The predicted molar refractivity (Wildman–Crippen MR) is 165 cm³/mol. The maximum Gasteiger partial charge on any atom is 0.123 e. The summed E-state index contributed by atoms with van der Waals surface area (Å²) >= 11 is 0. The van der Waals surface area contributed by atoms with E-state index in [4.69, 9.17) is 19.4 Å². The summed E-state index contributed by atoms with van der Waals surface area (Å²) in [6, 6.07) is 20.8. The van der Waals surface area contributed by atoms with Crippen LogP contribution in [0.3, 0.4) is 0 Å². The van der Waals surface area contributed by atoms with E-state index in [9.17, 15) is 0 Å². The van der Waals surface area contributed by atoms with Gasteiger partial charge >= 0.3 is 0 Å². The molecule has 0 fully saturated rings. The number of aromatic amines is 2. The number of ether oxygens (including phenoxy) is 2. The quantitative estimate of drug-likeness (QED) is 0.271. The van der Waals surface area contributed by atoms with Gasteiger partial charge in [0.05, 0.1) is 37.0 Å². The molecule has 6 heteroatoms. The van der Waals surface area contributed by atoms with Gasteiger partial charge in [0.25, 0.3) is 0 Å². The molecule has 8 bridgehead atoms. The third kappa shape index (κ3) is 4.39. The zero-order chi connectivity index (χ0) is 28.0. The normalized spacial score (nSPS) is 13.2. The van der Waals surface area contributed by atoms with E-state index < -0.39 is 0 Å². The van der Waals surface area contributed by atoms with Crippen LogP contribution >= 0.6 is 0 Å². The molecule has 6 rings (SSSR count). The first-order chi connectivity index (χ1) is 19.4. The van der Waals surface area contributed by atoms with E-state index in [-0.39, 0.29) is 0 Å². The average Bonchev–Trinajstić information content (AvgIpc) is 3.73. The molecule has 6 nitrogen and oxygen atoms in total. The van der Waals surface area contributed by atoms with Gasteiger partial charge in [-0.2, -0.15) is 0 Å². The number of nitrogens with one attached hydrogen (secondary N) is 2. The minimum Gasteiger partial charge on any atom is -0.497 e. The lowest BCUT2D eigenvalue weighted by Crippen LogP contribution is -1.89. The molecule has 0 amide bonds. The Balaban J connectivity index is 1.74. The fraction of sp³-hybridized carbons (Fsp3) is 0.235. The van der Waals surface area contributed by atoms with Crippen molar-refractivity contribution in [1.29, 1.82) is 0 Å². The molecule has 0 atom stereocenters. The number of methoxy groups -OCH3 is 2. The molecular formula is C34H34N4O2. The van der Waals surface area contributed by atoms with Crippen molar-refractivity contribution in [2.24, 2.45) is 0 Å². The number of hydrogen-bond donors (Lipinski definition) is 2. The molecule has 4 aromatic rings. The van der Waals surface area contributed by atoms with Crippen LogP contribution in [0, 0.1) is 0 Å². The molecule has 0 spiro atoms. The summed E-state index contributed by atoms with van der Waals surface area (Å²) in [5.74, 6) is 1.46. The van der Waals surface area contributed by atoms with Crippen molar-refractivity contribution < 1.29 is 9.47 Å². The summed E-state index contributed by atoms with van der Waals surface area (Å²) in [7, 11) is 3.34. The SMILES string of the molecule is CCC1=C(C)c2cc3ccc([nH]3)c(-c3cc(OC)cc(OC)c3)c3ccc(cc4nc(cc1n2)C(CC)=C4C)[nH]3. The summed E-state index contributed by atoms with van der Waals surface area (Å²) in [6.07, 6.45) is 1.82. The van der Waals surface area contributed by atoms with Crippen molar-refractivity contribution in [3.63, 3.8) is 0 Å². The number of hydrogen-bond acceptors (Lipinski definition) is 4. The highest BCUT2D eigenvalue weighted by Gasteiger charge is 2.19. The molecule has 0 aliphatic carbocycles. The smallest absolute Gasteiger partial charge is 0.123 e. The Kier molecular flexibility index (Phi) is 6.54. The molecule has 3 aromatic heterocycles. The predicted octanol–water partition coefficient (Wildman–Crippen LogP) is 8.68. The molecule has 0 radical (unpaired) electrons. The van der Waals surface area contributed by atoms with Crippen molar-refractivity contribution in [3.05, 3.63) is 83.4 Å². The highest BCUT2D eigenvalue weighted by atomic mass is 16.5. The van der Waals surface area contributed by atoms with Gasteiger partial charge in [-0.1, -0.05) is 13.8 Å². The van der Waals surface area contributed by atoms with Crippen LogP contribution in [0.15, 0.2) is 60.7 Å². The van der Waals surface area contributed by atoms with Crippen molar-refractivity contribution >= 4 is 44.4 Å². The lowest BCUT2D eigenvalue weighted by Gasteiger charge is -2.09. The number of rotatable bonds is 5. The van der Waals surface area contributed by atoms with E-state index in [1.54, 1.807) is 14.2 Å². The number of nitrogens with zero attached hydrogens (tertiary/aromatic N) is 2. The molecule has 40 heavy (non-hydrogen) atoms. The third-order valence-electron chi connectivity index (χ3n) is 7.93. The lowest BCUT2D eigenvalue weighted by atomic mass is 10.0. The van der Waals surface area contributed by atoms with Crippen molar-refractivity contribution in [2.75, 3.05) is 14.2 Å². The largest absolute Gasteiger partial charge is 0.497 e. The Morgan fingerprint density at radius 3 is 1.50 bits per heavy atom. The van der Waals surface area contributed by atoms with Crippen LogP contribution in [-0.2, 0) is 0 Å². The van der Waals surface area contributed by atoms with Crippen LogP contribution < -0.4 is 9.47 Å². The molecule has 2 aliphatic heterocycles. The fourth-order valence-corrected chi connectivity index (χ4v) is 5.78. The van der Waals surface area contributed by atoms with Gasteiger partial charge in [-0.05, 0) is 109 Å². The van der Waals surface area contributed by atoms with Gasteiger partial charge in [-0.25, -0.2) is 9.97 Å². The molecule has 0 saturated carbocycles.